The van der Waals surface area contributed by atoms with Gasteiger partial charge in [-0.2, -0.15) is 0 Å². The second kappa shape index (κ2) is 17.2. The van der Waals surface area contributed by atoms with Gasteiger partial charge in [-0.05, 0) is 49.8 Å². The summed E-state index contributed by atoms with van der Waals surface area (Å²) in [7, 11) is 4.49. The van der Waals surface area contributed by atoms with Crippen molar-refractivity contribution in [2.24, 2.45) is 0 Å². The molecule has 0 aliphatic rings. The topological polar surface area (TPSA) is 35.5 Å². The summed E-state index contributed by atoms with van der Waals surface area (Å²) in [5.41, 5.74) is 2.64. The summed E-state index contributed by atoms with van der Waals surface area (Å²) in [5, 5.41) is 0. The standard InChI is InChI=1S/C32H50NO3/c1-5-7-8-9-10-12-19-28-22-17-23-30(26-28)35-32(18-6-2)36-31(34)24-15-16-25-33(3,4)27-29-20-13-11-14-21-29/h11,13-14,17,20-23,26,32H,5-10,12,15-16,18-19,24-25,27H2,1-4H3/q+1. The molecule has 0 spiro atoms. The summed E-state index contributed by atoms with van der Waals surface area (Å²) in [4.78, 5) is 12.5. The van der Waals surface area contributed by atoms with Crippen molar-refractivity contribution in [3.63, 3.8) is 0 Å². The Morgan fingerprint density at radius 2 is 1.53 bits per heavy atom. The zero-order valence-corrected chi connectivity index (χ0v) is 23.3. The minimum absolute atomic E-state index is 0.162. The van der Waals surface area contributed by atoms with Gasteiger partial charge in [0.2, 0.25) is 6.29 Å². The maximum atomic E-state index is 12.5. The Labute approximate surface area is 220 Å². The molecule has 2 aromatic rings. The van der Waals surface area contributed by atoms with E-state index in [-0.39, 0.29) is 5.97 Å². The van der Waals surface area contributed by atoms with E-state index in [1.807, 2.05) is 12.1 Å². The molecule has 0 heterocycles. The molecule has 1 atom stereocenters. The number of unbranched alkanes of at least 4 members (excludes halogenated alkanes) is 6. The largest absolute Gasteiger partial charge is 0.455 e. The molecule has 0 fully saturated rings. The molecule has 0 saturated carbocycles. The first-order chi connectivity index (χ1) is 17.4. The van der Waals surface area contributed by atoms with E-state index in [9.17, 15) is 4.79 Å². The number of carbonyl (C=O) groups is 1. The van der Waals surface area contributed by atoms with Gasteiger partial charge in [-0.15, -0.1) is 0 Å². The van der Waals surface area contributed by atoms with Crippen molar-refractivity contribution in [2.75, 3.05) is 20.6 Å². The van der Waals surface area contributed by atoms with Gasteiger partial charge in [0.15, 0.2) is 0 Å². The quantitative estimate of drug-likeness (QED) is 0.0853. The first-order valence-corrected chi connectivity index (χ1v) is 14.2. The van der Waals surface area contributed by atoms with Crippen LogP contribution in [0.4, 0.5) is 0 Å². The molecule has 0 bridgehead atoms. The van der Waals surface area contributed by atoms with Gasteiger partial charge in [-0.25, -0.2) is 0 Å². The van der Waals surface area contributed by atoms with E-state index >= 15 is 0 Å². The lowest BCUT2D eigenvalue weighted by atomic mass is 10.0. The lowest BCUT2D eigenvalue weighted by Gasteiger charge is -2.30. The highest BCUT2D eigenvalue weighted by atomic mass is 16.7. The predicted octanol–water partition coefficient (Wildman–Crippen LogP) is 8.08. The van der Waals surface area contributed by atoms with Crippen LogP contribution in [0, 0.1) is 0 Å². The van der Waals surface area contributed by atoms with E-state index in [2.05, 4.69) is 70.4 Å². The second-order valence-electron chi connectivity index (χ2n) is 10.8. The minimum Gasteiger partial charge on any atom is -0.455 e. The Morgan fingerprint density at radius 3 is 2.28 bits per heavy atom. The number of rotatable bonds is 19. The fraction of sp³-hybridized carbons (Fsp3) is 0.594. The molecule has 36 heavy (non-hydrogen) atoms. The van der Waals surface area contributed by atoms with E-state index in [1.165, 1.54) is 49.7 Å². The van der Waals surface area contributed by atoms with Crippen LogP contribution in [0.5, 0.6) is 5.75 Å². The van der Waals surface area contributed by atoms with E-state index in [1.54, 1.807) is 0 Å². The minimum atomic E-state index is -0.517. The van der Waals surface area contributed by atoms with Crippen LogP contribution in [-0.4, -0.2) is 37.4 Å². The van der Waals surface area contributed by atoms with E-state index < -0.39 is 6.29 Å². The van der Waals surface area contributed by atoms with Gasteiger partial charge in [0.1, 0.15) is 12.3 Å². The fourth-order valence-corrected chi connectivity index (χ4v) is 4.58. The third-order valence-corrected chi connectivity index (χ3v) is 6.62. The van der Waals surface area contributed by atoms with Crippen LogP contribution in [-0.2, 0) is 22.5 Å². The Kier molecular flexibility index (Phi) is 14.3. The zero-order chi connectivity index (χ0) is 26.1. The van der Waals surface area contributed by atoms with Gasteiger partial charge in [0.05, 0.1) is 20.6 Å². The first kappa shape index (κ1) is 29.9. The van der Waals surface area contributed by atoms with Crippen LogP contribution >= 0.6 is 0 Å². The molecule has 0 aliphatic carbocycles. The molecule has 1 unspecified atom stereocenters. The number of nitrogens with zero attached hydrogens (tertiary/aromatic N) is 1. The van der Waals surface area contributed by atoms with E-state index in [4.69, 9.17) is 9.47 Å². The van der Waals surface area contributed by atoms with Crippen molar-refractivity contribution in [1.82, 2.24) is 0 Å². The summed E-state index contributed by atoms with van der Waals surface area (Å²) < 4.78 is 12.8. The van der Waals surface area contributed by atoms with Gasteiger partial charge >= 0.3 is 5.97 Å². The number of quaternary nitrogens is 1. The number of hydrogen-bond acceptors (Lipinski definition) is 3. The number of benzene rings is 2. The van der Waals surface area contributed by atoms with Crippen molar-refractivity contribution in [3.05, 3.63) is 65.7 Å². The highest BCUT2D eigenvalue weighted by Gasteiger charge is 2.18. The molecule has 2 rings (SSSR count). The first-order valence-electron chi connectivity index (χ1n) is 14.2. The smallest absolute Gasteiger partial charge is 0.308 e. The summed E-state index contributed by atoms with van der Waals surface area (Å²) in [6.45, 7) is 6.37. The van der Waals surface area contributed by atoms with Crippen molar-refractivity contribution in [1.29, 1.82) is 0 Å². The Balaban J connectivity index is 1.72. The van der Waals surface area contributed by atoms with Crippen LogP contribution in [0.3, 0.4) is 0 Å². The summed E-state index contributed by atoms with van der Waals surface area (Å²) in [6.07, 6.45) is 12.2. The Bertz CT molecular complexity index is 849. The number of esters is 1. The average Bonchev–Trinajstić information content (AvgIpc) is 2.85. The molecule has 0 N–H and O–H groups in total. The molecule has 0 aliphatic heterocycles. The summed E-state index contributed by atoms with van der Waals surface area (Å²) in [5.74, 6) is 0.634. The van der Waals surface area contributed by atoms with E-state index in [0.717, 1.165) is 49.0 Å². The zero-order valence-electron chi connectivity index (χ0n) is 23.3. The van der Waals surface area contributed by atoms with Gasteiger partial charge in [-0.3, -0.25) is 4.79 Å². The average molecular weight is 497 g/mol. The Hall–Kier alpha value is -2.33. The highest BCUT2D eigenvalue weighted by molar-refractivity contribution is 5.69. The van der Waals surface area contributed by atoms with Crippen molar-refractivity contribution in [2.45, 2.75) is 104 Å². The highest BCUT2D eigenvalue weighted by Crippen LogP contribution is 2.20. The maximum Gasteiger partial charge on any atom is 0.308 e. The lowest BCUT2D eigenvalue weighted by Crippen LogP contribution is -2.39. The maximum absolute atomic E-state index is 12.5. The van der Waals surface area contributed by atoms with E-state index in [0.29, 0.717) is 12.8 Å². The molecule has 4 heteroatoms. The third kappa shape index (κ3) is 13.1. The van der Waals surface area contributed by atoms with Crippen LogP contribution in [0.2, 0.25) is 0 Å². The normalized spacial score (nSPS) is 12.3. The molecule has 4 nitrogen and oxygen atoms in total. The van der Waals surface area contributed by atoms with Crippen molar-refractivity contribution < 1.29 is 18.8 Å². The Morgan fingerprint density at radius 1 is 0.806 bits per heavy atom. The molecular weight excluding hydrogens is 446 g/mol. The number of ether oxygens (including phenoxy) is 2. The second-order valence-corrected chi connectivity index (χ2v) is 10.8. The predicted molar refractivity (Wildman–Crippen MR) is 150 cm³/mol. The lowest BCUT2D eigenvalue weighted by molar-refractivity contribution is -0.903. The van der Waals surface area contributed by atoms with Crippen LogP contribution < -0.4 is 4.74 Å². The molecule has 2 aromatic carbocycles. The van der Waals surface area contributed by atoms with Gasteiger partial charge in [0.25, 0.3) is 0 Å². The molecule has 0 radical (unpaired) electrons. The fourth-order valence-electron chi connectivity index (χ4n) is 4.58. The number of hydrogen-bond donors (Lipinski definition) is 0. The summed E-state index contributed by atoms with van der Waals surface area (Å²) >= 11 is 0. The molecule has 200 valence electrons. The number of carbonyl (C=O) groups excluding carboxylic acids is 1. The van der Waals surface area contributed by atoms with Crippen LogP contribution in [0.25, 0.3) is 0 Å². The SMILES string of the molecule is CCCCCCCCc1cccc(OC(CCC)OC(=O)CCCC[N+](C)(C)Cc2ccccc2)c1. The third-order valence-electron chi connectivity index (χ3n) is 6.62. The van der Waals surface area contributed by atoms with Gasteiger partial charge < -0.3 is 14.0 Å². The number of aryl methyl sites for hydroxylation is 1. The summed E-state index contributed by atoms with van der Waals surface area (Å²) in [6, 6.07) is 18.9. The molecular formula is C32H50NO3+. The molecule has 0 aromatic heterocycles. The van der Waals surface area contributed by atoms with Crippen LogP contribution in [0.1, 0.15) is 95.6 Å². The van der Waals surface area contributed by atoms with Gasteiger partial charge in [0, 0.05) is 18.4 Å². The van der Waals surface area contributed by atoms with Crippen LogP contribution in [0.15, 0.2) is 54.6 Å². The van der Waals surface area contributed by atoms with Crippen molar-refractivity contribution >= 4 is 5.97 Å². The molecule has 0 saturated heterocycles. The molecule has 0 amide bonds. The van der Waals surface area contributed by atoms with Gasteiger partial charge in [-0.1, -0.05) is 88.4 Å². The monoisotopic (exact) mass is 496 g/mol. The van der Waals surface area contributed by atoms with Crippen molar-refractivity contribution in [3.8, 4) is 5.75 Å².